The van der Waals surface area contributed by atoms with Crippen LogP contribution in [0.3, 0.4) is 0 Å². The predicted octanol–water partition coefficient (Wildman–Crippen LogP) is 2.93. The lowest BCUT2D eigenvalue weighted by atomic mass is 10.00. The van der Waals surface area contributed by atoms with Gasteiger partial charge >= 0.3 is 0 Å². The normalized spacial score (nSPS) is 10.2. The zero-order chi connectivity index (χ0) is 12.3. The fourth-order valence-electron chi connectivity index (χ4n) is 1.72. The summed E-state index contributed by atoms with van der Waals surface area (Å²) in [5.41, 5.74) is 1.79. The van der Waals surface area contributed by atoms with E-state index in [2.05, 4.69) is 0 Å². The van der Waals surface area contributed by atoms with E-state index in [1.807, 2.05) is 0 Å². The molecule has 0 amide bonds. The lowest BCUT2D eigenvalue weighted by Gasteiger charge is -2.07. The Morgan fingerprint density at radius 3 is 2.53 bits per heavy atom. The number of halogens is 1. The van der Waals surface area contributed by atoms with Crippen molar-refractivity contribution in [2.75, 3.05) is 0 Å². The van der Waals surface area contributed by atoms with Crippen LogP contribution in [0.2, 0.25) is 0 Å². The van der Waals surface area contributed by atoms with Gasteiger partial charge in [-0.1, -0.05) is 36.4 Å². The van der Waals surface area contributed by atoms with E-state index in [1.54, 1.807) is 30.3 Å². The summed E-state index contributed by atoms with van der Waals surface area (Å²) in [7, 11) is 0. The average molecular weight is 230 g/mol. The van der Waals surface area contributed by atoms with Crippen molar-refractivity contribution in [2.45, 2.75) is 6.42 Å². The molecule has 0 spiro atoms. The van der Waals surface area contributed by atoms with Crippen molar-refractivity contribution in [1.29, 1.82) is 0 Å². The highest BCUT2D eigenvalue weighted by Gasteiger charge is 2.09. The first kappa shape index (κ1) is 11.3. The molecule has 2 aromatic rings. The molecule has 0 saturated carbocycles. The number of aldehydes is 1. The molecule has 0 fully saturated rings. The fourth-order valence-corrected chi connectivity index (χ4v) is 1.72. The third-order valence-corrected chi connectivity index (χ3v) is 2.63. The largest absolute Gasteiger partial charge is 0.505 e. The summed E-state index contributed by atoms with van der Waals surface area (Å²) in [6.07, 6.45) is 1.09. The van der Waals surface area contributed by atoms with E-state index in [-0.39, 0.29) is 5.75 Å². The van der Waals surface area contributed by atoms with Crippen LogP contribution in [0.4, 0.5) is 4.39 Å². The molecule has 0 aliphatic rings. The van der Waals surface area contributed by atoms with Crippen molar-refractivity contribution in [3.8, 4) is 5.75 Å². The quantitative estimate of drug-likeness (QED) is 0.823. The van der Waals surface area contributed by atoms with Crippen molar-refractivity contribution >= 4 is 6.29 Å². The van der Waals surface area contributed by atoms with Gasteiger partial charge in [-0.2, -0.15) is 0 Å². The Morgan fingerprint density at radius 2 is 1.76 bits per heavy atom. The third kappa shape index (κ3) is 2.33. The van der Waals surface area contributed by atoms with Crippen molar-refractivity contribution < 1.29 is 14.3 Å². The number of aromatic hydroxyl groups is 1. The predicted molar refractivity (Wildman–Crippen MR) is 62.7 cm³/mol. The van der Waals surface area contributed by atoms with Gasteiger partial charge in [-0.25, -0.2) is 4.39 Å². The average Bonchev–Trinajstić information content (AvgIpc) is 2.35. The molecule has 0 heterocycles. The fraction of sp³-hybridized carbons (Fsp3) is 0.0714. The van der Waals surface area contributed by atoms with Crippen molar-refractivity contribution in [3.05, 3.63) is 65.0 Å². The molecule has 1 N–H and O–H groups in total. The zero-order valence-corrected chi connectivity index (χ0v) is 9.06. The van der Waals surface area contributed by atoms with E-state index in [0.717, 1.165) is 11.8 Å². The molecule has 0 aliphatic carbocycles. The van der Waals surface area contributed by atoms with Gasteiger partial charge < -0.3 is 5.11 Å². The molecular formula is C14H11FO2. The molecule has 2 aromatic carbocycles. The van der Waals surface area contributed by atoms with Gasteiger partial charge in [0.05, 0.1) is 0 Å². The second-order valence-electron chi connectivity index (χ2n) is 3.74. The lowest BCUT2D eigenvalue weighted by molar-refractivity contribution is 0.112. The molecule has 0 aromatic heterocycles. The lowest BCUT2D eigenvalue weighted by Crippen LogP contribution is -1.95. The number of benzene rings is 2. The number of carbonyl (C=O) groups is 1. The van der Waals surface area contributed by atoms with Crippen LogP contribution in [0.15, 0.2) is 42.5 Å². The first-order valence-corrected chi connectivity index (χ1v) is 5.22. The van der Waals surface area contributed by atoms with Gasteiger partial charge in [0.1, 0.15) is 6.29 Å². The van der Waals surface area contributed by atoms with Crippen LogP contribution in [0.5, 0.6) is 5.75 Å². The summed E-state index contributed by atoms with van der Waals surface area (Å²) in [4.78, 5) is 10.8. The van der Waals surface area contributed by atoms with Crippen LogP contribution in [-0.4, -0.2) is 11.4 Å². The van der Waals surface area contributed by atoms with Crippen LogP contribution in [0, 0.1) is 5.82 Å². The molecule has 0 unspecified atom stereocenters. The minimum Gasteiger partial charge on any atom is -0.505 e. The Kier molecular flexibility index (Phi) is 3.19. The van der Waals surface area contributed by atoms with E-state index in [9.17, 15) is 14.3 Å². The van der Waals surface area contributed by atoms with Gasteiger partial charge in [0.15, 0.2) is 11.6 Å². The monoisotopic (exact) mass is 230 g/mol. The highest BCUT2D eigenvalue weighted by molar-refractivity contribution is 5.77. The molecule has 17 heavy (non-hydrogen) atoms. The molecule has 2 nitrogen and oxygen atoms in total. The van der Waals surface area contributed by atoms with Crippen LogP contribution in [0.25, 0.3) is 0 Å². The molecule has 3 heteroatoms. The van der Waals surface area contributed by atoms with Gasteiger partial charge in [-0.05, 0) is 11.6 Å². The number of hydrogen-bond acceptors (Lipinski definition) is 2. The molecule has 0 atom stereocenters. The van der Waals surface area contributed by atoms with E-state index in [0.29, 0.717) is 17.5 Å². The third-order valence-electron chi connectivity index (χ3n) is 2.63. The van der Waals surface area contributed by atoms with Crippen LogP contribution in [-0.2, 0) is 6.42 Å². The molecule has 0 aliphatic heterocycles. The second kappa shape index (κ2) is 4.78. The summed E-state index contributed by atoms with van der Waals surface area (Å²) in [6.45, 7) is 0. The van der Waals surface area contributed by atoms with Gasteiger partial charge in [0, 0.05) is 17.5 Å². The Hall–Kier alpha value is -2.16. The van der Waals surface area contributed by atoms with Crippen molar-refractivity contribution in [3.63, 3.8) is 0 Å². The van der Waals surface area contributed by atoms with Gasteiger partial charge in [-0.15, -0.1) is 0 Å². The maximum absolute atomic E-state index is 13.1. The standard InChI is InChI=1S/C14H11FO2/c15-13-7-3-6-11(14(13)17)8-10-4-1-2-5-12(10)9-16/h1-7,9,17H,8H2. The van der Waals surface area contributed by atoms with Crippen molar-refractivity contribution in [1.82, 2.24) is 0 Å². The second-order valence-corrected chi connectivity index (χ2v) is 3.74. The van der Waals surface area contributed by atoms with Crippen LogP contribution < -0.4 is 0 Å². The van der Waals surface area contributed by atoms with E-state index >= 15 is 0 Å². The molecular weight excluding hydrogens is 219 g/mol. The molecule has 0 bridgehead atoms. The number of rotatable bonds is 3. The highest BCUT2D eigenvalue weighted by Crippen LogP contribution is 2.24. The van der Waals surface area contributed by atoms with Crippen LogP contribution >= 0.6 is 0 Å². The Balaban J connectivity index is 2.38. The summed E-state index contributed by atoms with van der Waals surface area (Å²) in [5.74, 6) is -1.00. The van der Waals surface area contributed by atoms with E-state index in [1.165, 1.54) is 12.1 Å². The topological polar surface area (TPSA) is 37.3 Å². The first-order chi connectivity index (χ1) is 8.22. The minimum atomic E-state index is -0.647. The Bertz CT molecular complexity index is 550. The molecule has 0 saturated heterocycles. The SMILES string of the molecule is O=Cc1ccccc1Cc1cccc(F)c1O. The first-order valence-electron chi connectivity index (χ1n) is 5.22. The molecule has 0 radical (unpaired) electrons. The minimum absolute atomic E-state index is 0.332. The molecule has 2 rings (SSSR count). The smallest absolute Gasteiger partial charge is 0.165 e. The number of hydrogen-bond donors (Lipinski definition) is 1. The van der Waals surface area contributed by atoms with Crippen LogP contribution in [0.1, 0.15) is 21.5 Å². The van der Waals surface area contributed by atoms with Crippen molar-refractivity contribution in [2.24, 2.45) is 0 Å². The molecule has 86 valence electrons. The number of phenols is 1. The number of para-hydroxylation sites is 1. The summed E-state index contributed by atoms with van der Waals surface area (Å²) in [6, 6.07) is 11.4. The highest BCUT2D eigenvalue weighted by atomic mass is 19.1. The number of phenolic OH excluding ortho intramolecular Hbond substituents is 1. The summed E-state index contributed by atoms with van der Waals surface area (Å²) >= 11 is 0. The van der Waals surface area contributed by atoms with E-state index < -0.39 is 5.82 Å². The zero-order valence-electron chi connectivity index (χ0n) is 9.06. The van der Waals surface area contributed by atoms with Gasteiger partial charge in [-0.3, -0.25) is 4.79 Å². The maximum Gasteiger partial charge on any atom is 0.165 e. The Labute approximate surface area is 98.3 Å². The Morgan fingerprint density at radius 1 is 1.06 bits per heavy atom. The van der Waals surface area contributed by atoms with Gasteiger partial charge in [0.2, 0.25) is 0 Å². The maximum atomic E-state index is 13.1. The van der Waals surface area contributed by atoms with E-state index in [4.69, 9.17) is 0 Å². The summed E-state index contributed by atoms with van der Waals surface area (Å²) in [5, 5.41) is 9.56. The van der Waals surface area contributed by atoms with Gasteiger partial charge in [0.25, 0.3) is 0 Å². The number of carbonyl (C=O) groups excluding carboxylic acids is 1. The summed E-state index contributed by atoms with van der Waals surface area (Å²) < 4.78 is 13.1.